The Labute approximate surface area is 202 Å². The highest BCUT2D eigenvalue weighted by atomic mass is 32.2. The number of anilines is 3. The highest BCUT2D eigenvalue weighted by Crippen LogP contribution is 2.28. The summed E-state index contributed by atoms with van der Waals surface area (Å²) in [4.78, 5) is 12.5. The Morgan fingerprint density at radius 2 is 1.67 bits per heavy atom. The Morgan fingerprint density at radius 3 is 2.30 bits per heavy atom. The second kappa shape index (κ2) is 11.1. The van der Waals surface area contributed by atoms with E-state index in [9.17, 15) is 13.2 Å². The van der Waals surface area contributed by atoms with Gasteiger partial charge in [0.05, 0.1) is 10.6 Å². The number of sulfonamides is 1. The van der Waals surface area contributed by atoms with Crippen molar-refractivity contribution in [2.45, 2.75) is 36.9 Å². The van der Waals surface area contributed by atoms with Crippen LogP contribution in [0.3, 0.4) is 0 Å². The van der Waals surface area contributed by atoms with E-state index in [1.165, 1.54) is 50.7 Å². The Hall–Kier alpha value is -2.47. The molecule has 0 radical (unpaired) electrons. The molecule has 0 unspecified atom stereocenters. The van der Waals surface area contributed by atoms with Crippen molar-refractivity contribution in [1.29, 1.82) is 0 Å². The maximum Gasteiger partial charge on any atom is 0.243 e. The van der Waals surface area contributed by atoms with Gasteiger partial charge in [0.25, 0.3) is 0 Å². The lowest BCUT2D eigenvalue weighted by molar-refractivity contribution is -0.113. The molecule has 3 aromatic rings. The van der Waals surface area contributed by atoms with E-state index in [0.717, 1.165) is 5.69 Å². The molecular weight excluding hydrogens is 478 g/mol. The molecule has 11 heteroatoms. The van der Waals surface area contributed by atoms with Crippen LogP contribution in [0.5, 0.6) is 0 Å². The van der Waals surface area contributed by atoms with Gasteiger partial charge in [-0.15, -0.1) is 10.2 Å². The fraction of sp³-hybridized carbons (Fsp3) is 0.318. The van der Waals surface area contributed by atoms with Crippen LogP contribution in [0.15, 0.2) is 51.7 Å². The number of rotatable bonds is 10. The lowest BCUT2D eigenvalue weighted by Crippen LogP contribution is -2.30. The predicted molar refractivity (Wildman–Crippen MR) is 135 cm³/mol. The molecule has 33 heavy (non-hydrogen) atoms. The van der Waals surface area contributed by atoms with E-state index in [0.29, 0.717) is 28.2 Å². The molecular formula is C22H27N5O3S3. The molecule has 0 aliphatic carbocycles. The van der Waals surface area contributed by atoms with Crippen molar-refractivity contribution in [3.8, 4) is 0 Å². The van der Waals surface area contributed by atoms with Crippen molar-refractivity contribution < 1.29 is 13.2 Å². The second-order valence-corrected chi connectivity index (χ2v) is 11.4. The van der Waals surface area contributed by atoms with Crippen molar-refractivity contribution in [3.63, 3.8) is 0 Å². The van der Waals surface area contributed by atoms with Crippen LogP contribution in [0.2, 0.25) is 0 Å². The largest absolute Gasteiger partial charge is 0.330 e. The summed E-state index contributed by atoms with van der Waals surface area (Å²) in [6.07, 6.45) is 0. The molecule has 0 atom stereocenters. The Bertz CT molecular complexity index is 1210. The molecule has 1 heterocycles. The number of carbonyl (C=O) groups excluding carboxylic acids is 1. The molecule has 0 bridgehead atoms. The maximum absolute atomic E-state index is 12.6. The summed E-state index contributed by atoms with van der Waals surface area (Å²) in [6.45, 7) is 8.52. The quantitative estimate of drug-likeness (QED) is 0.386. The lowest BCUT2D eigenvalue weighted by atomic mass is 10.1. The molecule has 0 fully saturated rings. The first-order valence-electron chi connectivity index (χ1n) is 10.4. The van der Waals surface area contributed by atoms with E-state index in [4.69, 9.17) is 0 Å². The van der Waals surface area contributed by atoms with Crippen molar-refractivity contribution in [2.24, 2.45) is 0 Å². The van der Waals surface area contributed by atoms with Crippen LogP contribution >= 0.6 is 23.1 Å². The van der Waals surface area contributed by atoms with Crippen molar-refractivity contribution in [1.82, 2.24) is 14.5 Å². The highest BCUT2D eigenvalue weighted by molar-refractivity contribution is 8.01. The molecule has 176 valence electrons. The average Bonchev–Trinajstić information content (AvgIpc) is 3.23. The standard InChI is InChI=1S/C22H27N5O3S3/c1-5-27(6-2)33(29,30)19-11-9-17(10-12-19)23-20(28)14-31-22-26-25-21(32-22)24-18-8-7-15(3)16(4)13-18/h7-13H,5-6,14H2,1-4H3,(H,23,28)(H,24,25). The molecule has 1 aromatic heterocycles. The molecule has 0 aliphatic heterocycles. The number of thioether (sulfide) groups is 1. The smallest absolute Gasteiger partial charge is 0.243 e. The molecule has 8 nitrogen and oxygen atoms in total. The molecule has 0 saturated carbocycles. The van der Waals surface area contributed by atoms with Gasteiger partial charge in [0.15, 0.2) is 4.34 Å². The van der Waals surface area contributed by atoms with Gasteiger partial charge in [0.2, 0.25) is 21.1 Å². The van der Waals surface area contributed by atoms with Gasteiger partial charge >= 0.3 is 0 Å². The number of hydrogen-bond acceptors (Lipinski definition) is 8. The topological polar surface area (TPSA) is 104 Å². The van der Waals surface area contributed by atoms with Gasteiger partial charge in [-0.25, -0.2) is 8.42 Å². The number of nitrogens with one attached hydrogen (secondary N) is 2. The van der Waals surface area contributed by atoms with E-state index in [2.05, 4.69) is 40.7 Å². The van der Waals surface area contributed by atoms with Crippen molar-refractivity contribution in [2.75, 3.05) is 29.5 Å². The summed E-state index contributed by atoms with van der Waals surface area (Å²) >= 11 is 2.67. The third-order valence-electron chi connectivity index (χ3n) is 4.97. The number of benzene rings is 2. The summed E-state index contributed by atoms with van der Waals surface area (Å²) in [5.74, 6) is -0.0455. The zero-order valence-corrected chi connectivity index (χ0v) is 21.4. The average molecular weight is 506 g/mol. The van der Waals surface area contributed by atoms with Gasteiger partial charge in [-0.1, -0.05) is 43.0 Å². The fourth-order valence-electron chi connectivity index (χ4n) is 3.01. The van der Waals surface area contributed by atoms with Gasteiger partial charge in [-0.2, -0.15) is 4.31 Å². The summed E-state index contributed by atoms with van der Waals surface area (Å²) in [6, 6.07) is 12.3. The molecule has 2 N–H and O–H groups in total. The van der Waals surface area contributed by atoms with Gasteiger partial charge in [0.1, 0.15) is 0 Å². The normalized spacial score (nSPS) is 11.5. The minimum atomic E-state index is -3.52. The Kier molecular flexibility index (Phi) is 8.46. The zero-order valence-electron chi connectivity index (χ0n) is 19.0. The fourth-order valence-corrected chi connectivity index (χ4v) is 6.04. The number of amides is 1. The molecule has 0 saturated heterocycles. The predicted octanol–water partition coefficient (Wildman–Crippen LogP) is 4.66. The first-order valence-corrected chi connectivity index (χ1v) is 13.7. The number of aryl methyl sites for hydroxylation is 2. The van der Waals surface area contributed by atoms with Crippen molar-refractivity contribution >= 4 is 55.5 Å². The summed E-state index contributed by atoms with van der Waals surface area (Å²) < 4.78 is 27.2. The molecule has 0 spiro atoms. The van der Waals surface area contributed by atoms with Crippen LogP contribution in [0.1, 0.15) is 25.0 Å². The third kappa shape index (κ3) is 6.53. The molecule has 1 amide bonds. The van der Waals surface area contributed by atoms with Crippen LogP contribution in [0.4, 0.5) is 16.5 Å². The molecule has 0 aliphatic rings. The lowest BCUT2D eigenvalue weighted by Gasteiger charge is -2.18. The molecule has 3 rings (SSSR count). The second-order valence-electron chi connectivity index (χ2n) is 7.25. The van der Waals surface area contributed by atoms with Gasteiger partial charge < -0.3 is 10.6 Å². The Morgan fingerprint density at radius 1 is 1.00 bits per heavy atom. The summed E-state index contributed by atoms with van der Waals surface area (Å²) in [5, 5.41) is 14.9. The van der Waals surface area contributed by atoms with E-state index >= 15 is 0 Å². The first kappa shape index (κ1) is 25.2. The van der Waals surface area contributed by atoms with Gasteiger partial charge in [-0.05, 0) is 61.4 Å². The number of carbonyl (C=O) groups is 1. The summed E-state index contributed by atoms with van der Waals surface area (Å²) in [7, 11) is -3.52. The third-order valence-corrected chi connectivity index (χ3v) is 9.01. The Balaban J connectivity index is 1.53. The van der Waals surface area contributed by atoms with E-state index in [1.54, 1.807) is 26.0 Å². The van der Waals surface area contributed by atoms with Crippen LogP contribution in [0, 0.1) is 13.8 Å². The van der Waals surface area contributed by atoms with E-state index < -0.39 is 10.0 Å². The van der Waals surface area contributed by atoms with Crippen LogP contribution in [0.25, 0.3) is 0 Å². The molecule has 2 aromatic carbocycles. The number of aromatic nitrogens is 2. The number of nitrogens with zero attached hydrogens (tertiary/aromatic N) is 3. The van der Waals surface area contributed by atoms with Crippen LogP contribution < -0.4 is 10.6 Å². The van der Waals surface area contributed by atoms with E-state index in [-0.39, 0.29) is 16.6 Å². The summed E-state index contributed by atoms with van der Waals surface area (Å²) in [5.41, 5.74) is 3.89. The van der Waals surface area contributed by atoms with Crippen LogP contribution in [-0.2, 0) is 14.8 Å². The van der Waals surface area contributed by atoms with Gasteiger partial charge in [-0.3, -0.25) is 4.79 Å². The van der Waals surface area contributed by atoms with E-state index in [1.807, 2.05) is 12.1 Å². The SMILES string of the molecule is CCN(CC)S(=O)(=O)c1ccc(NC(=O)CSc2nnc(Nc3ccc(C)c(C)c3)s2)cc1. The van der Waals surface area contributed by atoms with Crippen molar-refractivity contribution in [3.05, 3.63) is 53.6 Å². The van der Waals surface area contributed by atoms with Crippen LogP contribution in [-0.4, -0.2) is 47.7 Å². The number of hydrogen-bond donors (Lipinski definition) is 2. The monoisotopic (exact) mass is 505 g/mol. The highest BCUT2D eigenvalue weighted by Gasteiger charge is 2.21. The minimum absolute atomic E-state index is 0.164. The van der Waals surface area contributed by atoms with Gasteiger partial charge in [0, 0.05) is 24.5 Å². The zero-order chi connectivity index (χ0) is 24.0. The minimum Gasteiger partial charge on any atom is -0.330 e. The maximum atomic E-state index is 12.6. The first-order chi connectivity index (χ1) is 15.7.